The standard InChI is InChI=1S/C12H11NO3S/c1-15-10-3-8(4-11(5-10)16-2)12-13-9(6-14)7-17-12/h3-7H,1-2H3. The molecule has 1 aromatic heterocycles. The zero-order valence-corrected chi connectivity index (χ0v) is 10.3. The third-order valence-electron chi connectivity index (χ3n) is 2.24. The highest BCUT2D eigenvalue weighted by molar-refractivity contribution is 7.13. The first-order valence-electron chi connectivity index (χ1n) is 4.91. The summed E-state index contributed by atoms with van der Waals surface area (Å²) >= 11 is 1.41. The predicted molar refractivity (Wildman–Crippen MR) is 66.0 cm³/mol. The summed E-state index contributed by atoms with van der Waals surface area (Å²) in [6.45, 7) is 0. The summed E-state index contributed by atoms with van der Waals surface area (Å²) in [5.74, 6) is 1.39. The van der Waals surface area contributed by atoms with Crippen molar-refractivity contribution in [3.05, 3.63) is 29.3 Å². The lowest BCUT2D eigenvalue weighted by Gasteiger charge is -2.06. The summed E-state index contributed by atoms with van der Waals surface area (Å²) in [5.41, 5.74) is 1.31. The van der Waals surface area contributed by atoms with Gasteiger partial charge in [-0.2, -0.15) is 0 Å². The number of rotatable bonds is 4. The Morgan fingerprint density at radius 2 is 1.82 bits per heavy atom. The number of ether oxygens (including phenoxy) is 2. The Kier molecular flexibility index (Phi) is 3.39. The molecule has 0 aliphatic heterocycles. The molecular formula is C12H11NO3S. The van der Waals surface area contributed by atoms with Crippen LogP contribution in [-0.4, -0.2) is 25.5 Å². The van der Waals surface area contributed by atoms with Crippen molar-refractivity contribution < 1.29 is 14.3 Å². The van der Waals surface area contributed by atoms with Crippen LogP contribution < -0.4 is 9.47 Å². The molecule has 17 heavy (non-hydrogen) atoms. The van der Waals surface area contributed by atoms with Crippen LogP contribution in [0, 0.1) is 0 Å². The Morgan fingerprint density at radius 3 is 2.29 bits per heavy atom. The second-order valence-corrected chi connectivity index (χ2v) is 4.15. The number of carbonyl (C=O) groups is 1. The number of aromatic nitrogens is 1. The molecule has 1 aromatic carbocycles. The molecular weight excluding hydrogens is 238 g/mol. The van der Waals surface area contributed by atoms with Crippen LogP contribution in [0.2, 0.25) is 0 Å². The monoisotopic (exact) mass is 249 g/mol. The Labute approximate surface area is 103 Å². The molecule has 0 fully saturated rings. The molecule has 0 N–H and O–H groups in total. The van der Waals surface area contributed by atoms with Crippen molar-refractivity contribution in [2.24, 2.45) is 0 Å². The van der Waals surface area contributed by atoms with Crippen LogP contribution in [0.3, 0.4) is 0 Å². The number of aldehydes is 1. The van der Waals surface area contributed by atoms with Gasteiger partial charge < -0.3 is 9.47 Å². The van der Waals surface area contributed by atoms with Crippen molar-refractivity contribution in [3.63, 3.8) is 0 Å². The van der Waals surface area contributed by atoms with Crippen LogP contribution in [0.1, 0.15) is 10.5 Å². The summed E-state index contributed by atoms with van der Waals surface area (Å²) in [6.07, 6.45) is 0.734. The Balaban J connectivity index is 2.46. The van der Waals surface area contributed by atoms with Gasteiger partial charge in [0.05, 0.1) is 14.2 Å². The maximum Gasteiger partial charge on any atom is 0.169 e. The van der Waals surface area contributed by atoms with Gasteiger partial charge in [-0.25, -0.2) is 4.98 Å². The molecule has 0 unspecified atom stereocenters. The number of carbonyl (C=O) groups excluding carboxylic acids is 1. The Morgan fingerprint density at radius 1 is 1.18 bits per heavy atom. The normalized spacial score (nSPS) is 10.0. The molecule has 88 valence electrons. The summed E-state index contributed by atoms with van der Waals surface area (Å²) in [5, 5.41) is 2.48. The first-order valence-corrected chi connectivity index (χ1v) is 5.79. The third-order valence-corrected chi connectivity index (χ3v) is 3.15. The van der Waals surface area contributed by atoms with Gasteiger partial charge in [-0.3, -0.25) is 4.79 Å². The van der Waals surface area contributed by atoms with E-state index in [9.17, 15) is 4.79 Å². The van der Waals surface area contributed by atoms with Crippen molar-refractivity contribution >= 4 is 17.6 Å². The Hall–Kier alpha value is -1.88. The molecule has 0 saturated heterocycles. The van der Waals surface area contributed by atoms with E-state index in [1.807, 2.05) is 12.1 Å². The van der Waals surface area contributed by atoms with E-state index in [0.717, 1.165) is 16.9 Å². The summed E-state index contributed by atoms with van der Waals surface area (Å²) in [7, 11) is 3.19. The van der Waals surface area contributed by atoms with Gasteiger partial charge in [0, 0.05) is 17.0 Å². The van der Waals surface area contributed by atoms with Crippen LogP contribution >= 0.6 is 11.3 Å². The highest BCUT2D eigenvalue weighted by atomic mass is 32.1. The quantitative estimate of drug-likeness (QED) is 0.781. The molecule has 0 radical (unpaired) electrons. The molecule has 5 heteroatoms. The van der Waals surface area contributed by atoms with E-state index in [0.29, 0.717) is 17.2 Å². The maximum atomic E-state index is 10.6. The first-order chi connectivity index (χ1) is 8.26. The summed E-state index contributed by atoms with van der Waals surface area (Å²) in [6, 6.07) is 5.50. The van der Waals surface area contributed by atoms with E-state index in [-0.39, 0.29) is 0 Å². The van der Waals surface area contributed by atoms with Crippen LogP contribution in [0.5, 0.6) is 11.5 Å². The molecule has 0 aliphatic carbocycles. The summed E-state index contributed by atoms with van der Waals surface area (Å²) in [4.78, 5) is 14.8. The molecule has 2 rings (SSSR count). The highest BCUT2D eigenvalue weighted by Crippen LogP contribution is 2.31. The molecule has 0 atom stereocenters. The lowest BCUT2D eigenvalue weighted by atomic mass is 10.2. The molecule has 0 bridgehead atoms. The minimum Gasteiger partial charge on any atom is -0.497 e. The van der Waals surface area contributed by atoms with Gasteiger partial charge >= 0.3 is 0 Å². The molecule has 1 heterocycles. The van der Waals surface area contributed by atoms with Gasteiger partial charge in [-0.1, -0.05) is 0 Å². The van der Waals surface area contributed by atoms with Gasteiger partial charge in [0.15, 0.2) is 6.29 Å². The van der Waals surface area contributed by atoms with Gasteiger partial charge in [0.25, 0.3) is 0 Å². The van der Waals surface area contributed by atoms with Crippen LogP contribution in [0.15, 0.2) is 23.6 Å². The lowest BCUT2D eigenvalue weighted by molar-refractivity contribution is 0.111. The second kappa shape index (κ2) is 4.97. The number of hydrogen-bond acceptors (Lipinski definition) is 5. The van der Waals surface area contributed by atoms with E-state index < -0.39 is 0 Å². The molecule has 2 aromatic rings. The fourth-order valence-electron chi connectivity index (χ4n) is 1.40. The molecule has 0 amide bonds. The zero-order valence-electron chi connectivity index (χ0n) is 9.47. The van der Waals surface area contributed by atoms with Crippen molar-refractivity contribution in [2.45, 2.75) is 0 Å². The van der Waals surface area contributed by atoms with Gasteiger partial charge in [0.1, 0.15) is 22.2 Å². The third kappa shape index (κ3) is 2.45. The number of benzene rings is 1. The number of thiazole rings is 1. The Bertz CT molecular complexity index is 514. The smallest absolute Gasteiger partial charge is 0.169 e. The van der Waals surface area contributed by atoms with Gasteiger partial charge in [0.2, 0.25) is 0 Å². The minimum atomic E-state index is 0.437. The second-order valence-electron chi connectivity index (χ2n) is 3.30. The fourth-order valence-corrected chi connectivity index (χ4v) is 2.16. The SMILES string of the molecule is COc1cc(OC)cc(-c2nc(C=O)cs2)c1. The van der Waals surface area contributed by atoms with E-state index in [4.69, 9.17) is 9.47 Å². The van der Waals surface area contributed by atoms with E-state index >= 15 is 0 Å². The van der Waals surface area contributed by atoms with Crippen molar-refractivity contribution in [1.29, 1.82) is 0 Å². The van der Waals surface area contributed by atoms with Crippen molar-refractivity contribution in [1.82, 2.24) is 4.98 Å². The maximum absolute atomic E-state index is 10.6. The molecule has 0 aliphatic rings. The van der Waals surface area contributed by atoms with Crippen LogP contribution in [-0.2, 0) is 0 Å². The predicted octanol–water partition coefficient (Wildman–Crippen LogP) is 2.64. The average Bonchev–Trinajstić information content (AvgIpc) is 2.86. The minimum absolute atomic E-state index is 0.437. The number of methoxy groups -OCH3 is 2. The molecule has 0 saturated carbocycles. The highest BCUT2D eigenvalue weighted by Gasteiger charge is 2.08. The molecule has 0 spiro atoms. The van der Waals surface area contributed by atoms with E-state index in [1.54, 1.807) is 25.7 Å². The van der Waals surface area contributed by atoms with Gasteiger partial charge in [-0.15, -0.1) is 11.3 Å². The van der Waals surface area contributed by atoms with Gasteiger partial charge in [-0.05, 0) is 12.1 Å². The number of hydrogen-bond donors (Lipinski definition) is 0. The fraction of sp³-hybridized carbons (Fsp3) is 0.167. The van der Waals surface area contributed by atoms with E-state index in [1.165, 1.54) is 11.3 Å². The van der Waals surface area contributed by atoms with Crippen molar-refractivity contribution in [3.8, 4) is 22.1 Å². The topological polar surface area (TPSA) is 48.4 Å². The summed E-state index contributed by atoms with van der Waals surface area (Å²) < 4.78 is 10.4. The largest absolute Gasteiger partial charge is 0.497 e. The van der Waals surface area contributed by atoms with Crippen LogP contribution in [0.25, 0.3) is 10.6 Å². The van der Waals surface area contributed by atoms with E-state index in [2.05, 4.69) is 4.98 Å². The molecule has 4 nitrogen and oxygen atoms in total. The van der Waals surface area contributed by atoms with Crippen LogP contribution in [0.4, 0.5) is 0 Å². The number of nitrogens with zero attached hydrogens (tertiary/aromatic N) is 1. The average molecular weight is 249 g/mol. The zero-order chi connectivity index (χ0) is 12.3. The lowest BCUT2D eigenvalue weighted by Crippen LogP contribution is -1.89. The first kappa shape index (κ1) is 11.6. The van der Waals surface area contributed by atoms with Crippen molar-refractivity contribution in [2.75, 3.05) is 14.2 Å².